The number of carbonyl (C=O) groups excluding carboxylic acids is 3. The molecule has 1 aliphatic heterocycles. The Labute approximate surface area is 208 Å². The van der Waals surface area contributed by atoms with Crippen molar-refractivity contribution in [3.05, 3.63) is 99.7 Å². The van der Waals surface area contributed by atoms with E-state index in [1.54, 1.807) is 12.1 Å². The molecule has 0 spiro atoms. The van der Waals surface area contributed by atoms with Crippen LogP contribution in [0.4, 0.5) is 24.5 Å². The van der Waals surface area contributed by atoms with E-state index in [1.807, 2.05) is 19.9 Å². The van der Waals surface area contributed by atoms with E-state index in [0.717, 1.165) is 23.3 Å². The number of nitrogens with one attached hydrogen (secondary N) is 1. The van der Waals surface area contributed by atoms with Gasteiger partial charge in [-0.25, -0.2) is 9.69 Å². The van der Waals surface area contributed by atoms with Gasteiger partial charge in [0.15, 0.2) is 0 Å². The van der Waals surface area contributed by atoms with Crippen molar-refractivity contribution >= 4 is 40.8 Å². The summed E-state index contributed by atoms with van der Waals surface area (Å²) in [6, 6.07) is 15.1. The third-order valence-corrected chi connectivity index (χ3v) is 5.61. The maximum atomic E-state index is 13.1. The molecule has 0 aromatic heterocycles. The first-order chi connectivity index (χ1) is 16.9. The molecule has 36 heavy (non-hydrogen) atoms. The quantitative estimate of drug-likeness (QED) is 0.258. The molecule has 0 saturated heterocycles. The van der Waals surface area contributed by atoms with E-state index in [1.165, 1.54) is 30.3 Å². The predicted molar refractivity (Wildman–Crippen MR) is 128 cm³/mol. The fraction of sp³-hybridized carbons (Fsp3) is 0.115. The predicted octanol–water partition coefficient (Wildman–Crippen LogP) is 5.98. The van der Waals surface area contributed by atoms with Gasteiger partial charge < -0.3 is 10.1 Å². The topological polar surface area (TPSA) is 75.7 Å². The molecule has 2 amide bonds. The van der Waals surface area contributed by atoms with Gasteiger partial charge in [-0.3, -0.25) is 9.59 Å². The molecule has 0 saturated carbocycles. The van der Waals surface area contributed by atoms with Crippen molar-refractivity contribution in [2.75, 3.05) is 10.2 Å². The van der Waals surface area contributed by atoms with Crippen molar-refractivity contribution in [1.82, 2.24) is 0 Å². The number of hydrogen-bond acceptors (Lipinski definition) is 5. The van der Waals surface area contributed by atoms with Crippen molar-refractivity contribution in [3.63, 3.8) is 0 Å². The summed E-state index contributed by atoms with van der Waals surface area (Å²) >= 11 is 6.05. The molecular formula is C26H18ClF3N2O4. The standard InChI is InChI=1S/C26H18ClF3N2O4/c1-14-10-15(2)12-20(11-14)36-25(35)16-6-8-18(9-7-16)31-22-21(27)23(33)32(24(22)34)19-5-3-4-17(13-19)26(28,29)30/h3-13,31H,1-2H3. The molecule has 184 valence electrons. The Balaban J connectivity index is 1.50. The van der Waals surface area contributed by atoms with Crippen LogP contribution in [0.15, 0.2) is 77.5 Å². The lowest BCUT2D eigenvalue weighted by Gasteiger charge is -2.17. The van der Waals surface area contributed by atoms with Crippen LogP contribution >= 0.6 is 11.6 Å². The van der Waals surface area contributed by atoms with E-state index in [9.17, 15) is 27.6 Å². The molecule has 10 heteroatoms. The van der Waals surface area contributed by atoms with Crippen molar-refractivity contribution in [2.24, 2.45) is 0 Å². The highest BCUT2D eigenvalue weighted by atomic mass is 35.5. The van der Waals surface area contributed by atoms with Crippen molar-refractivity contribution in [1.29, 1.82) is 0 Å². The summed E-state index contributed by atoms with van der Waals surface area (Å²) in [7, 11) is 0. The molecule has 0 unspecified atom stereocenters. The van der Waals surface area contributed by atoms with Gasteiger partial charge in [-0.1, -0.05) is 23.7 Å². The monoisotopic (exact) mass is 514 g/mol. The molecule has 1 N–H and O–H groups in total. The second-order valence-corrected chi connectivity index (χ2v) is 8.48. The Kier molecular flexibility index (Phi) is 6.60. The summed E-state index contributed by atoms with van der Waals surface area (Å²) in [5, 5.41) is 2.23. The van der Waals surface area contributed by atoms with Gasteiger partial charge in [0.05, 0.1) is 16.8 Å². The molecule has 0 bridgehead atoms. The fourth-order valence-electron chi connectivity index (χ4n) is 3.66. The maximum Gasteiger partial charge on any atom is 0.416 e. The first-order valence-corrected chi connectivity index (χ1v) is 11.0. The number of ether oxygens (including phenoxy) is 1. The summed E-state index contributed by atoms with van der Waals surface area (Å²) in [6.07, 6.45) is -4.65. The molecule has 3 aromatic rings. The molecule has 1 heterocycles. The first-order valence-electron chi connectivity index (χ1n) is 10.6. The number of nitrogens with zero attached hydrogens (tertiary/aromatic N) is 1. The van der Waals surface area contributed by atoms with E-state index < -0.39 is 34.6 Å². The van der Waals surface area contributed by atoms with Crippen LogP contribution in [-0.2, 0) is 15.8 Å². The van der Waals surface area contributed by atoms with Crippen molar-refractivity contribution < 1.29 is 32.3 Å². The second kappa shape index (κ2) is 9.50. The van der Waals surface area contributed by atoms with Gasteiger partial charge in [0.2, 0.25) is 0 Å². The van der Waals surface area contributed by atoms with Crippen LogP contribution in [0.3, 0.4) is 0 Å². The summed E-state index contributed by atoms with van der Waals surface area (Å²) in [6.45, 7) is 3.77. The second-order valence-electron chi connectivity index (χ2n) is 8.10. The number of anilines is 2. The summed E-state index contributed by atoms with van der Waals surface area (Å²) in [5.74, 6) is -2.06. The van der Waals surface area contributed by atoms with Crippen LogP contribution in [0.2, 0.25) is 0 Å². The molecule has 0 fully saturated rings. The number of imide groups is 1. The number of halogens is 4. The maximum absolute atomic E-state index is 13.1. The van der Waals surface area contributed by atoms with E-state index in [4.69, 9.17) is 16.3 Å². The minimum absolute atomic E-state index is 0.235. The van der Waals surface area contributed by atoms with Gasteiger partial charge in [0.1, 0.15) is 16.5 Å². The zero-order valence-corrected chi connectivity index (χ0v) is 19.7. The minimum Gasteiger partial charge on any atom is -0.423 e. The normalized spacial score (nSPS) is 13.9. The number of carbonyl (C=O) groups is 3. The first kappa shape index (κ1) is 25.0. The van der Waals surface area contributed by atoms with Gasteiger partial charge in [-0.15, -0.1) is 0 Å². The summed E-state index contributed by atoms with van der Waals surface area (Å²) in [5.41, 5.74) is 0.859. The van der Waals surface area contributed by atoms with E-state index in [-0.39, 0.29) is 16.9 Å². The highest BCUT2D eigenvalue weighted by molar-refractivity contribution is 6.53. The average Bonchev–Trinajstić information content (AvgIpc) is 3.01. The largest absolute Gasteiger partial charge is 0.423 e. The molecule has 0 radical (unpaired) electrons. The van der Waals surface area contributed by atoms with E-state index >= 15 is 0 Å². The highest BCUT2D eigenvalue weighted by Gasteiger charge is 2.40. The Bertz CT molecular complexity index is 1400. The molecule has 6 nitrogen and oxygen atoms in total. The lowest BCUT2D eigenvalue weighted by Crippen LogP contribution is -2.32. The number of rotatable bonds is 5. The molecule has 0 atom stereocenters. The van der Waals surface area contributed by atoms with Gasteiger partial charge in [-0.2, -0.15) is 13.2 Å². The Morgan fingerprint density at radius 3 is 2.17 bits per heavy atom. The third kappa shape index (κ3) is 5.11. The van der Waals surface area contributed by atoms with Crippen LogP contribution < -0.4 is 15.0 Å². The molecule has 1 aliphatic rings. The van der Waals surface area contributed by atoms with Crippen LogP contribution in [0.25, 0.3) is 0 Å². The van der Waals surface area contributed by atoms with Gasteiger partial charge in [0.25, 0.3) is 11.8 Å². The molecule has 3 aromatic carbocycles. The van der Waals surface area contributed by atoms with Crippen LogP contribution in [-0.4, -0.2) is 17.8 Å². The number of alkyl halides is 3. The number of aryl methyl sites for hydroxylation is 2. The van der Waals surface area contributed by atoms with Gasteiger partial charge in [-0.05, 0) is 79.6 Å². The molecule has 4 rings (SSSR count). The molecular weight excluding hydrogens is 497 g/mol. The Hall–Kier alpha value is -4.11. The highest BCUT2D eigenvalue weighted by Crippen LogP contribution is 2.35. The summed E-state index contributed by atoms with van der Waals surface area (Å²) in [4.78, 5) is 38.5. The van der Waals surface area contributed by atoms with E-state index in [0.29, 0.717) is 22.4 Å². The number of amides is 2. The summed E-state index contributed by atoms with van der Waals surface area (Å²) < 4.78 is 44.6. The molecule has 0 aliphatic carbocycles. The van der Waals surface area contributed by atoms with Gasteiger partial charge in [0, 0.05) is 5.69 Å². The average molecular weight is 515 g/mol. The third-order valence-electron chi connectivity index (χ3n) is 5.25. The van der Waals surface area contributed by atoms with Gasteiger partial charge >= 0.3 is 12.1 Å². The Morgan fingerprint density at radius 2 is 1.56 bits per heavy atom. The Morgan fingerprint density at radius 1 is 0.917 bits per heavy atom. The minimum atomic E-state index is -4.65. The van der Waals surface area contributed by atoms with Crippen molar-refractivity contribution in [3.8, 4) is 5.75 Å². The smallest absolute Gasteiger partial charge is 0.416 e. The van der Waals surface area contributed by atoms with Crippen LogP contribution in [0, 0.1) is 13.8 Å². The van der Waals surface area contributed by atoms with Crippen molar-refractivity contribution in [2.45, 2.75) is 20.0 Å². The zero-order valence-electron chi connectivity index (χ0n) is 18.9. The van der Waals surface area contributed by atoms with Crippen LogP contribution in [0.1, 0.15) is 27.0 Å². The van der Waals surface area contributed by atoms with Crippen LogP contribution in [0.5, 0.6) is 5.75 Å². The number of benzene rings is 3. The number of hydrogen-bond donors (Lipinski definition) is 1. The fourth-order valence-corrected chi connectivity index (χ4v) is 3.87. The SMILES string of the molecule is Cc1cc(C)cc(OC(=O)c2ccc(NC3=C(Cl)C(=O)N(c4cccc(C(F)(F)F)c4)C3=O)cc2)c1. The lowest BCUT2D eigenvalue weighted by atomic mass is 10.1. The zero-order chi connectivity index (χ0) is 26.2. The lowest BCUT2D eigenvalue weighted by molar-refractivity contribution is -0.137. The van der Waals surface area contributed by atoms with E-state index in [2.05, 4.69) is 5.32 Å². The number of esters is 1.